The number of hydrogen-bond acceptors (Lipinski definition) is 2. The van der Waals surface area contributed by atoms with Crippen LogP contribution < -0.4 is 5.32 Å². The van der Waals surface area contributed by atoms with E-state index in [4.69, 9.17) is 0 Å². The van der Waals surface area contributed by atoms with E-state index < -0.39 is 11.4 Å². The summed E-state index contributed by atoms with van der Waals surface area (Å²) in [6, 6.07) is 15.2. The van der Waals surface area contributed by atoms with Crippen LogP contribution in [-0.2, 0) is 21.4 Å². The van der Waals surface area contributed by atoms with Crippen molar-refractivity contribution in [2.24, 2.45) is 0 Å². The zero-order valence-corrected chi connectivity index (χ0v) is 15.6. The molecule has 0 saturated carbocycles. The summed E-state index contributed by atoms with van der Waals surface area (Å²) in [5.74, 6) is -1.11. The lowest BCUT2D eigenvalue weighted by Crippen LogP contribution is -2.44. The predicted octanol–water partition coefficient (Wildman–Crippen LogP) is 3.57. The average molecular weight is 364 g/mol. The maximum absolute atomic E-state index is 12.3. The number of aromatic nitrogens is 1. The van der Waals surface area contributed by atoms with Crippen molar-refractivity contribution in [3.8, 4) is 0 Å². The normalized spacial score (nSPS) is 13.3. The van der Waals surface area contributed by atoms with Crippen LogP contribution in [0.1, 0.15) is 30.0 Å². The predicted molar refractivity (Wildman–Crippen MR) is 106 cm³/mol. The molecule has 1 amide bonds. The van der Waals surface area contributed by atoms with Crippen molar-refractivity contribution in [1.82, 2.24) is 10.3 Å². The van der Waals surface area contributed by atoms with Gasteiger partial charge in [-0.15, -0.1) is 0 Å². The van der Waals surface area contributed by atoms with E-state index in [1.165, 1.54) is 5.56 Å². The molecule has 140 valence electrons. The molecule has 3 N–H and O–H groups in total. The summed E-state index contributed by atoms with van der Waals surface area (Å²) in [6.07, 6.45) is 2.85. The fraction of sp³-hybridized carbons (Fsp3) is 0.273. The molecule has 27 heavy (non-hydrogen) atoms. The summed E-state index contributed by atoms with van der Waals surface area (Å²) < 4.78 is 0. The molecule has 3 aromatic rings. The van der Waals surface area contributed by atoms with Crippen molar-refractivity contribution in [3.63, 3.8) is 0 Å². The fourth-order valence-electron chi connectivity index (χ4n) is 3.22. The molecule has 0 spiro atoms. The Hall–Kier alpha value is -3.08. The minimum Gasteiger partial charge on any atom is -0.481 e. The first kappa shape index (κ1) is 18.7. The number of carbonyl (C=O) groups excluding carboxylic acids is 1. The van der Waals surface area contributed by atoms with Crippen LogP contribution in [0.15, 0.2) is 54.7 Å². The lowest BCUT2D eigenvalue weighted by atomic mass is 9.82. The van der Waals surface area contributed by atoms with Crippen molar-refractivity contribution in [2.45, 2.75) is 32.1 Å². The number of rotatable bonds is 7. The molecule has 1 unspecified atom stereocenters. The van der Waals surface area contributed by atoms with E-state index in [0.29, 0.717) is 18.4 Å². The molecule has 3 rings (SSSR count). The van der Waals surface area contributed by atoms with E-state index >= 15 is 0 Å². The molecule has 0 radical (unpaired) electrons. The zero-order chi connectivity index (χ0) is 19.4. The molecule has 0 saturated heterocycles. The van der Waals surface area contributed by atoms with Gasteiger partial charge in [0.2, 0.25) is 5.91 Å². The molecule has 5 nitrogen and oxygen atoms in total. The Morgan fingerprint density at radius 3 is 2.59 bits per heavy atom. The summed E-state index contributed by atoms with van der Waals surface area (Å²) in [6.45, 7) is 3.73. The molecular formula is C22H24N2O3. The minimum absolute atomic E-state index is 0.0537. The Labute approximate surface area is 158 Å². The Morgan fingerprint density at radius 1 is 1.15 bits per heavy atom. The first-order valence-electron chi connectivity index (χ1n) is 9.02. The highest BCUT2D eigenvalue weighted by Crippen LogP contribution is 2.24. The van der Waals surface area contributed by atoms with E-state index in [-0.39, 0.29) is 12.5 Å². The Balaban J connectivity index is 1.63. The quantitative estimate of drug-likeness (QED) is 0.599. The van der Waals surface area contributed by atoms with Crippen LogP contribution in [0, 0.1) is 6.92 Å². The molecule has 1 aromatic heterocycles. The summed E-state index contributed by atoms with van der Waals surface area (Å²) in [5, 5.41) is 13.6. The van der Waals surface area contributed by atoms with Crippen molar-refractivity contribution < 1.29 is 14.7 Å². The van der Waals surface area contributed by atoms with Gasteiger partial charge in [0.25, 0.3) is 0 Å². The third-order valence-corrected chi connectivity index (χ3v) is 5.07. The zero-order valence-electron chi connectivity index (χ0n) is 15.6. The standard InChI is InChI=1S/C22H24N2O3/c1-15-8-10-19-18(12-15)16(13-23-19)9-11-20(25)24-14-22(2,21(26)27)17-6-4-3-5-7-17/h3-8,10,12-13,23H,9,11,14H2,1-2H3,(H,24,25)(H,26,27). The first-order chi connectivity index (χ1) is 12.9. The Kier molecular flexibility index (Phi) is 5.31. The molecule has 0 aliphatic rings. The molecular weight excluding hydrogens is 340 g/mol. The summed E-state index contributed by atoms with van der Waals surface area (Å²) in [5.41, 5.74) is 2.83. The smallest absolute Gasteiger partial charge is 0.315 e. The van der Waals surface area contributed by atoms with Gasteiger partial charge in [0.1, 0.15) is 5.41 Å². The van der Waals surface area contributed by atoms with Crippen LogP contribution in [0.5, 0.6) is 0 Å². The van der Waals surface area contributed by atoms with Gasteiger partial charge in [0.15, 0.2) is 0 Å². The second-order valence-electron chi connectivity index (χ2n) is 7.14. The fourth-order valence-corrected chi connectivity index (χ4v) is 3.22. The third kappa shape index (κ3) is 4.03. The van der Waals surface area contributed by atoms with Gasteiger partial charge in [-0.05, 0) is 43.5 Å². The van der Waals surface area contributed by atoms with Gasteiger partial charge in [-0.1, -0.05) is 42.0 Å². The van der Waals surface area contributed by atoms with Gasteiger partial charge in [-0.25, -0.2) is 0 Å². The molecule has 1 atom stereocenters. The number of amides is 1. The highest BCUT2D eigenvalue weighted by atomic mass is 16.4. The maximum Gasteiger partial charge on any atom is 0.315 e. The van der Waals surface area contributed by atoms with Crippen LogP contribution in [0.3, 0.4) is 0 Å². The van der Waals surface area contributed by atoms with Crippen molar-refractivity contribution in [2.75, 3.05) is 6.54 Å². The largest absolute Gasteiger partial charge is 0.481 e. The van der Waals surface area contributed by atoms with Crippen molar-refractivity contribution in [1.29, 1.82) is 0 Å². The maximum atomic E-state index is 12.3. The van der Waals surface area contributed by atoms with Crippen LogP contribution in [0.2, 0.25) is 0 Å². The lowest BCUT2D eigenvalue weighted by molar-refractivity contribution is -0.143. The van der Waals surface area contributed by atoms with E-state index in [2.05, 4.69) is 16.4 Å². The molecule has 1 heterocycles. The molecule has 5 heteroatoms. The van der Waals surface area contributed by atoms with E-state index in [1.54, 1.807) is 31.2 Å². The molecule has 0 fully saturated rings. The highest BCUT2D eigenvalue weighted by Gasteiger charge is 2.35. The molecule has 0 aliphatic carbocycles. The van der Waals surface area contributed by atoms with Crippen LogP contribution >= 0.6 is 0 Å². The van der Waals surface area contributed by atoms with E-state index in [0.717, 1.165) is 16.5 Å². The van der Waals surface area contributed by atoms with Crippen molar-refractivity contribution in [3.05, 3.63) is 71.4 Å². The number of fused-ring (bicyclic) bond motifs is 1. The summed E-state index contributed by atoms with van der Waals surface area (Å²) in [7, 11) is 0. The van der Waals surface area contributed by atoms with Gasteiger partial charge >= 0.3 is 5.97 Å². The molecule has 2 aromatic carbocycles. The second-order valence-corrected chi connectivity index (χ2v) is 7.14. The number of benzene rings is 2. The lowest BCUT2D eigenvalue weighted by Gasteiger charge is -2.25. The average Bonchev–Trinajstić information content (AvgIpc) is 3.07. The number of carboxylic acid groups (broad SMARTS) is 1. The molecule has 0 bridgehead atoms. The highest BCUT2D eigenvalue weighted by molar-refractivity contribution is 5.85. The number of aliphatic carboxylic acids is 1. The van der Waals surface area contributed by atoms with Crippen molar-refractivity contribution >= 4 is 22.8 Å². The number of hydrogen-bond donors (Lipinski definition) is 3. The SMILES string of the molecule is Cc1ccc2[nH]cc(CCC(=O)NCC(C)(C(=O)O)c3ccccc3)c2c1. The van der Waals surface area contributed by atoms with Gasteiger partial charge in [-0.3, -0.25) is 9.59 Å². The number of aromatic amines is 1. The van der Waals surface area contributed by atoms with Gasteiger partial charge in [0, 0.05) is 30.1 Å². The monoisotopic (exact) mass is 364 g/mol. The number of carbonyl (C=O) groups is 2. The van der Waals surface area contributed by atoms with Gasteiger partial charge < -0.3 is 15.4 Å². The number of nitrogens with one attached hydrogen (secondary N) is 2. The van der Waals surface area contributed by atoms with Gasteiger partial charge in [0.05, 0.1) is 0 Å². The molecule has 0 aliphatic heterocycles. The Bertz CT molecular complexity index is 962. The number of aryl methyl sites for hydroxylation is 2. The van der Waals surface area contributed by atoms with Gasteiger partial charge in [-0.2, -0.15) is 0 Å². The number of carboxylic acids is 1. The minimum atomic E-state index is -1.16. The van der Waals surface area contributed by atoms with Crippen LogP contribution in [-0.4, -0.2) is 28.5 Å². The number of H-pyrrole nitrogens is 1. The van der Waals surface area contributed by atoms with E-state index in [1.807, 2.05) is 31.3 Å². The Morgan fingerprint density at radius 2 is 1.89 bits per heavy atom. The van der Waals surface area contributed by atoms with Crippen LogP contribution in [0.25, 0.3) is 10.9 Å². The second kappa shape index (κ2) is 7.66. The topological polar surface area (TPSA) is 82.2 Å². The van der Waals surface area contributed by atoms with E-state index in [9.17, 15) is 14.7 Å². The first-order valence-corrected chi connectivity index (χ1v) is 9.02. The summed E-state index contributed by atoms with van der Waals surface area (Å²) >= 11 is 0. The van der Waals surface area contributed by atoms with Crippen LogP contribution in [0.4, 0.5) is 0 Å². The third-order valence-electron chi connectivity index (χ3n) is 5.07. The summed E-state index contributed by atoms with van der Waals surface area (Å²) in [4.78, 5) is 27.4.